The minimum absolute atomic E-state index is 0.00343. The van der Waals surface area contributed by atoms with Crippen molar-refractivity contribution in [1.29, 1.82) is 0 Å². The van der Waals surface area contributed by atoms with Crippen molar-refractivity contribution in [1.82, 2.24) is 10.2 Å². The van der Waals surface area contributed by atoms with Crippen LogP contribution in [0.4, 0.5) is 11.4 Å². The molecule has 2 amide bonds. The Balaban J connectivity index is 1.58. The number of carbonyl (C=O) groups excluding carboxylic acids is 2. The number of nitrogens with one attached hydrogen (secondary N) is 2. The summed E-state index contributed by atoms with van der Waals surface area (Å²) in [7, 11) is 0. The summed E-state index contributed by atoms with van der Waals surface area (Å²) in [6.07, 6.45) is 0. The Kier molecular flexibility index (Phi) is 7.75. The minimum Gasteiger partial charge on any atom is -0.367 e. The molecule has 6 nitrogen and oxygen atoms in total. The van der Waals surface area contributed by atoms with E-state index in [1.54, 1.807) is 30.3 Å². The number of halogens is 2. The summed E-state index contributed by atoms with van der Waals surface area (Å²) in [5, 5.41) is 6.80. The normalized spacial score (nSPS) is 13.8. The molecule has 0 spiro atoms. The number of thiocarbonyl (C=S) groups is 1. The van der Waals surface area contributed by atoms with Crippen molar-refractivity contribution in [3.8, 4) is 0 Å². The van der Waals surface area contributed by atoms with Gasteiger partial charge in [0, 0.05) is 48.4 Å². The first kappa shape index (κ1) is 23.3. The Labute approximate surface area is 197 Å². The molecule has 1 aliphatic heterocycles. The first-order chi connectivity index (χ1) is 14.7. The number of anilines is 2. The van der Waals surface area contributed by atoms with Gasteiger partial charge in [0.15, 0.2) is 5.11 Å². The number of hydrogen-bond donors (Lipinski definition) is 2. The van der Waals surface area contributed by atoms with Crippen LogP contribution in [0.2, 0.25) is 10.0 Å². The lowest BCUT2D eigenvalue weighted by Gasteiger charge is -2.37. The molecule has 0 bridgehead atoms. The fourth-order valence-electron chi connectivity index (χ4n) is 3.34. The second kappa shape index (κ2) is 10.3. The molecule has 2 aromatic carbocycles. The number of carbonyl (C=O) groups is 2. The Morgan fingerprint density at radius 1 is 1.03 bits per heavy atom. The van der Waals surface area contributed by atoms with Gasteiger partial charge in [-0.05, 0) is 48.6 Å². The summed E-state index contributed by atoms with van der Waals surface area (Å²) >= 11 is 17.7. The predicted octanol–water partition coefficient (Wildman–Crippen LogP) is 4.42. The average Bonchev–Trinajstić information content (AvgIpc) is 2.73. The molecule has 2 aromatic rings. The van der Waals surface area contributed by atoms with Gasteiger partial charge in [0.2, 0.25) is 5.91 Å². The van der Waals surface area contributed by atoms with Crippen LogP contribution in [0.5, 0.6) is 0 Å². The molecular weight excluding hydrogens is 455 g/mol. The number of rotatable bonds is 4. The summed E-state index contributed by atoms with van der Waals surface area (Å²) in [5.74, 6) is -0.168. The molecule has 9 heteroatoms. The first-order valence-corrected chi connectivity index (χ1v) is 11.1. The number of amides is 2. The van der Waals surface area contributed by atoms with E-state index in [0.717, 1.165) is 18.8 Å². The highest BCUT2D eigenvalue weighted by Crippen LogP contribution is 2.30. The van der Waals surface area contributed by atoms with Gasteiger partial charge in [-0.15, -0.1) is 0 Å². The maximum absolute atomic E-state index is 12.3. The van der Waals surface area contributed by atoms with Gasteiger partial charge in [-0.1, -0.05) is 43.1 Å². The highest BCUT2D eigenvalue weighted by Gasteiger charge is 2.24. The summed E-state index contributed by atoms with van der Waals surface area (Å²) in [6, 6.07) is 12.1. The summed E-state index contributed by atoms with van der Waals surface area (Å²) < 4.78 is 0. The lowest BCUT2D eigenvalue weighted by Crippen LogP contribution is -2.50. The molecule has 0 saturated carbocycles. The Morgan fingerprint density at radius 3 is 2.35 bits per heavy atom. The van der Waals surface area contributed by atoms with E-state index < -0.39 is 0 Å². The van der Waals surface area contributed by atoms with Crippen LogP contribution in [-0.2, 0) is 4.79 Å². The lowest BCUT2D eigenvalue weighted by atomic mass is 10.1. The second-order valence-electron chi connectivity index (χ2n) is 7.55. The number of benzene rings is 2. The standard InChI is InChI=1S/C22H24Cl2N4O2S/c1-14(2)21(30)28-10-8-27(9-11-28)19-7-6-17(13-18(19)24)25-22(31)26-20(29)15-4-3-5-16(23)12-15/h3-7,12-14H,8-11H2,1-2H3,(H2,25,26,29,31). The highest BCUT2D eigenvalue weighted by molar-refractivity contribution is 7.80. The van der Waals surface area contributed by atoms with E-state index in [1.807, 2.05) is 30.9 Å². The monoisotopic (exact) mass is 478 g/mol. The molecule has 31 heavy (non-hydrogen) atoms. The third kappa shape index (κ3) is 6.09. The smallest absolute Gasteiger partial charge is 0.257 e. The van der Waals surface area contributed by atoms with E-state index in [0.29, 0.717) is 34.4 Å². The third-order valence-electron chi connectivity index (χ3n) is 4.95. The van der Waals surface area contributed by atoms with Crippen molar-refractivity contribution >= 4 is 63.7 Å². The van der Waals surface area contributed by atoms with Crippen molar-refractivity contribution in [2.24, 2.45) is 5.92 Å². The number of hydrogen-bond acceptors (Lipinski definition) is 4. The molecular formula is C22H24Cl2N4O2S. The van der Waals surface area contributed by atoms with Crippen LogP contribution in [0, 0.1) is 5.92 Å². The molecule has 2 N–H and O–H groups in total. The molecule has 164 valence electrons. The third-order valence-corrected chi connectivity index (χ3v) is 5.69. The van der Waals surface area contributed by atoms with Gasteiger partial charge in [-0.3, -0.25) is 14.9 Å². The van der Waals surface area contributed by atoms with E-state index in [9.17, 15) is 9.59 Å². The van der Waals surface area contributed by atoms with E-state index in [-0.39, 0.29) is 22.8 Å². The maximum atomic E-state index is 12.3. The molecule has 3 rings (SSSR count). The Morgan fingerprint density at radius 2 is 1.74 bits per heavy atom. The van der Waals surface area contributed by atoms with Crippen molar-refractivity contribution in [2.45, 2.75) is 13.8 Å². The van der Waals surface area contributed by atoms with E-state index in [4.69, 9.17) is 35.4 Å². The van der Waals surface area contributed by atoms with Crippen molar-refractivity contribution in [3.63, 3.8) is 0 Å². The lowest BCUT2D eigenvalue weighted by molar-refractivity contribution is -0.134. The van der Waals surface area contributed by atoms with Gasteiger partial charge in [-0.25, -0.2) is 0 Å². The molecule has 0 aliphatic carbocycles. The minimum atomic E-state index is -0.350. The van der Waals surface area contributed by atoms with Crippen molar-refractivity contribution < 1.29 is 9.59 Å². The zero-order valence-corrected chi connectivity index (χ0v) is 19.7. The summed E-state index contributed by atoms with van der Waals surface area (Å²) in [6.45, 7) is 6.62. The van der Waals surface area contributed by atoms with Gasteiger partial charge in [0.05, 0.1) is 10.7 Å². The number of piperazine rings is 1. The highest BCUT2D eigenvalue weighted by atomic mass is 35.5. The predicted molar refractivity (Wildman–Crippen MR) is 130 cm³/mol. The molecule has 0 radical (unpaired) electrons. The zero-order valence-electron chi connectivity index (χ0n) is 17.3. The fourth-order valence-corrected chi connectivity index (χ4v) is 4.04. The van der Waals surface area contributed by atoms with Crippen LogP contribution in [-0.4, -0.2) is 48.0 Å². The van der Waals surface area contributed by atoms with Crippen LogP contribution in [0.1, 0.15) is 24.2 Å². The van der Waals surface area contributed by atoms with Gasteiger partial charge in [-0.2, -0.15) is 0 Å². The van der Waals surface area contributed by atoms with Crippen molar-refractivity contribution in [3.05, 3.63) is 58.1 Å². The van der Waals surface area contributed by atoms with Crippen LogP contribution < -0.4 is 15.5 Å². The largest absolute Gasteiger partial charge is 0.367 e. The van der Waals surface area contributed by atoms with E-state index >= 15 is 0 Å². The first-order valence-electron chi connectivity index (χ1n) is 9.96. The van der Waals surface area contributed by atoms with Gasteiger partial charge >= 0.3 is 0 Å². The number of nitrogens with zero attached hydrogens (tertiary/aromatic N) is 2. The summed E-state index contributed by atoms with van der Waals surface area (Å²) in [5.41, 5.74) is 1.98. The van der Waals surface area contributed by atoms with Gasteiger partial charge in [0.1, 0.15) is 0 Å². The zero-order chi connectivity index (χ0) is 22.5. The van der Waals surface area contributed by atoms with Crippen LogP contribution in [0.15, 0.2) is 42.5 Å². The molecule has 1 fully saturated rings. The Bertz CT molecular complexity index is 991. The molecule has 0 unspecified atom stereocenters. The van der Waals surface area contributed by atoms with Gasteiger partial charge < -0.3 is 15.1 Å². The quantitative estimate of drug-likeness (QED) is 0.636. The van der Waals surface area contributed by atoms with Crippen LogP contribution >= 0.6 is 35.4 Å². The fraction of sp³-hybridized carbons (Fsp3) is 0.318. The molecule has 1 aliphatic rings. The molecule has 0 atom stereocenters. The van der Waals surface area contributed by atoms with E-state index in [1.165, 1.54) is 0 Å². The second-order valence-corrected chi connectivity index (χ2v) is 8.80. The van der Waals surface area contributed by atoms with Crippen molar-refractivity contribution in [2.75, 3.05) is 36.4 Å². The average molecular weight is 479 g/mol. The molecule has 1 heterocycles. The Hall–Kier alpha value is -2.35. The van der Waals surface area contributed by atoms with Crippen LogP contribution in [0.3, 0.4) is 0 Å². The van der Waals surface area contributed by atoms with E-state index in [2.05, 4.69) is 15.5 Å². The molecule has 0 aromatic heterocycles. The SMILES string of the molecule is CC(C)C(=O)N1CCN(c2ccc(NC(=S)NC(=O)c3cccc(Cl)c3)cc2Cl)CC1. The topological polar surface area (TPSA) is 64.7 Å². The van der Waals surface area contributed by atoms with Gasteiger partial charge in [0.25, 0.3) is 5.91 Å². The molecule has 1 saturated heterocycles. The summed E-state index contributed by atoms with van der Waals surface area (Å²) in [4.78, 5) is 28.5. The van der Waals surface area contributed by atoms with Crippen LogP contribution in [0.25, 0.3) is 0 Å². The maximum Gasteiger partial charge on any atom is 0.257 e.